The first-order valence-corrected chi connectivity index (χ1v) is 7.23. The monoisotopic (exact) mass is 343 g/mol. The van der Waals surface area contributed by atoms with E-state index >= 15 is 0 Å². The number of rotatable bonds is 3. The fourth-order valence-corrected chi connectivity index (χ4v) is 3.03. The first-order valence-electron chi connectivity index (χ1n) is 6.44. The third-order valence-electron chi connectivity index (χ3n) is 3.45. The summed E-state index contributed by atoms with van der Waals surface area (Å²) >= 11 is 3.19. The van der Waals surface area contributed by atoms with Crippen LogP contribution in [0.4, 0.5) is 4.39 Å². The van der Waals surface area contributed by atoms with Gasteiger partial charge in [-0.05, 0) is 46.8 Å². The number of carboxylic acid groups (broad SMARTS) is 1. The van der Waals surface area contributed by atoms with Gasteiger partial charge in [0, 0.05) is 24.0 Å². The van der Waals surface area contributed by atoms with E-state index in [4.69, 9.17) is 5.11 Å². The lowest BCUT2D eigenvalue weighted by Crippen LogP contribution is -2.41. The van der Waals surface area contributed by atoms with E-state index in [9.17, 15) is 14.0 Å². The lowest BCUT2D eigenvalue weighted by atomic mass is 9.94. The average molecular weight is 344 g/mol. The lowest BCUT2D eigenvalue weighted by molar-refractivity contribution is -0.138. The molecule has 1 heterocycles. The van der Waals surface area contributed by atoms with Crippen molar-refractivity contribution in [2.24, 2.45) is 5.92 Å². The van der Waals surface area contributed by atoms with Crippen LogP contribution in [0, 0.1) is 11.7 Å². The number of nitrogens with zero attached hydrogens (tertiary/aromatic N) is 1. The highest BCUT2D eigenvalue weighted by Gasteiger charge is 2.28. The second kappa shape index (κ2) is 6.35. The lowest BCUT2D eigenvalue weighted by Gasteiger charge is -2.32. The number of halogens is 2. The fraction of sp³-hybridized carbons (Fsp3) is 0.429. The van der Waals surface area contributed by atoms with Crippen LogP contribution >= 0.6 is 15.9 Å². The summed E-state index contributed by atoms with van der Waals surface area (Å²) in [6.07, 6.45) is 1.58. The Morgan fingerprint density at radius 2 is 2.20 bits per heavy atom. The molecule has 6 heteroatoms. The number of amides is 1. The molecule has 0 spiro atoms. The molecule has 0 aliphatic carbocycles. The number of hydrogen-bond donors (Lipinski definition) is 1. The van der Waals surface area contributed by atoms with Gasteiger partial charge < -0.3 is 10.0 Å². The molecule has 1 aromatic carbocycles. The van der Waals surface area contributed by atoms with Gasteiger partial charge >= 0.3 is 5.97 Å². The van der Waals surface area contributed by atoms with E-state index in [1.165, 1.54) is 12.1 Å². The Balaban J connectivity index is 2.14. The van der Waals surface area contributed by atoms with Crippen LogP contribution in [0.2, 0.25) is 0 Å². The zero-order chi connectivity index (χ0) is 14.7. The number of likely N-dealkylation sites (tertiary alicyclic amines) is 1. The fourth-order valence-electron chi connectivity index (χ4n) is 2.52. The Morgan fingerprint density at radius 3 is 2.85 bits per heavy atom. The molecule has 2 rings (SSSR count). The third kappa shape index (κ3) is 3.36. The van der Waals surface area contributed by atoms with Gasteiger partial charge in [0.15, 0.2) is 0 Å². The van der Waals surface area contributed by atoms with Crippen molar-refractivity contribution >= 4 is 27.8 Å². The van der Waals surface area contributed by atoms with Crippen molar-refractivity contribution in [2.75, 3.05) is 13.1 Å². The molecule has 1 aromatic rings. The second-order valence-corrected chi connectivity index (χ2v) is 5.81. The van der Waals surface area contributed by atoms with Crippen LogP contribution in [-0.2, 0) is 4.79 Å². The maximum Gasteiger partial charge on any atom is 0.303 e. The largest absolute Gasteiger partial charge is 0.481 e. The Kier molecular flexibility index (Phi) is 4.75. The van der Waals surface area contributed by atoms with Crippen molar-refractivity contribution in [2.45, 2.75) is 19.3 Å². The second-order valence-electron chi connectivity index (χ2n) is 4.95. The molecule has 0 aromatic heterocycles. The highest BCUT2D eigenvalue weighted by atomic mass is 79.9. The van der Waals surface area contributed by atoms with Crippen LogP contribution < -0.4 is 0 Å². The molecule has 0 radical (unpaired) electrons. The van der Waals surface area contributed by atoms with Gasteiger partial charge in [-0.3, -0.25) is 9.59 Å². The molecule has 20 heavy (non-hydrogen) atoms. The summed E-state index contributed by atoms with van der Waals surface area (Å²) in [4.78, 5) is 24.7. The first kappa shape index (κ1) is 15.0. The molecule has 1 unspecified atom stereocenters. The van der Waals surface area contributed by atoms with Crippen LogP contribution in [0.25, 0.3) is 0 Å². The molecule has 0 bridgehead atoms. The van der Waals surface area contributed by atoms with E-state index in [2.05, 4.69) is 15.9 Å². The smallest absolute Gasteiger partial charge is 0.303 e. The van der Waals surface area contributed by atoms with E-state index in [0.29, 0.717) is 17.6 Å². The predicted molar refractivity (Wildman–Crippen MR) is 75.0 cm³/mol. The summed E-state index contributed by atoms with van der Waals surface area (Å²) in [5.74, 6) is -1.87. The maximum absolute atomic E-state index is 13.8. The quantitative estimate of drug-likeness (QED) is 0.917. The number of carbonyl (C=O) groups is 2. The topological polar surface area (TPSA) is 57.6 Å². The zero-order valence-corrected chi connectivity index (χ0v) is 12.4. The van der Waals surface area contributed by atoms with Gasteiger partial charge in [-0.25, -0.2) is 4.39 Å². The van der Waals surface area contributed by atoms with Crippen molar-refractivity contribution in [1.82, 2.24) is 4.90 Å². The summed E-state index contributed by atoms with van der Waals surface area (Å²) in [6, 6.07) is 4.39. The van der Waals surface area contributed by atoms with Gasteiger partial charge in [0.25, 0.3) is 5.91 Å². The van der Waals surface area contributed by atoms with Crippen LogP contribution in [0.3, 0.4) is 0 Å². The summed E-state index contributed by atoms with van der Waals surface area (Å²) in [5, 5.41) is 8.82. The Morgan fingerprint density at radius 1 is 1.45 bits per heavy atom. The van der Waals surface area contributed by atoms with E-state index in [1.807, 2.05) is 0 Å². The SMILES string of the molecule is O=C(O)CC1CCCN(C(=O)c2c(F)cccc2Br)C1. The molecular formula is C14H15BrFNO3. The van der Waals surface area contributed by atoms with E-state index in [0.717, 1.165) is 12.8 Å². The highest BCUT2D eigenvalue weighted by Crippen LogP contribution is 2.25. The number of aliphatic carboxylic acids is 1. The Bertz CT molecular complexity index is 515. The molecular weight excluding hydrogens is 329 g/mol. The summed E-state index contributed by atoms with van der Waals surface area (Å²) in [6.45, 7) is 0.904. The number of carboxylic acids is 1. The third-order valence-corrected chi connectivity index (χ3v) is 4.11. The van der Waals surface area contributed by atoms with Gasteiger partial charge in [-0.15, -0.1) is 0 Å². The van der Waals surface area contributed by atoms with Gasteiger partial charge in [-0.2, -0.15) is 0 Å². The number of carbonyl (C=O) groups excluding carboxylic acids is 1. The van der Waals surface area contributed by atoms with Gasteiger partial charge in [0.05, 0.1) is 5.56 Å². The van der Waals surface area contributed by atoms with Crippen LogP contribution in [0.5, 0.6) is 0 Å². The molecule has 1 amide bonds. The first-order chi connectivity index (χ1) is 9.49. The standard InChI is InChI=1S/C14H15BrFNO3/c15-10-4-1-5-11(16)13(10)14(20)17-6-2-3-9(8-17)7-12(18)19/h1,4-5,9H,2-3,6-8H2,(H,18,19). The molecule has 1 fully saturated rings. The minimum atomic E-state index is -0.864. The molecule has 1 aliphatic rings. The maximum atomic E-state index is 13.8. The van der Waals surface area contributed by atoms with E-state index in [-0.39, 0.29) is 23.8 Å². The van der Waals surface area contributed by atoms with Crippen LogP contribution in [-0.4, -0.2) is 35.0 Å². The van der Waals surface area contributed by atoms with Gasteiger partial charge in [0.1, 0.15) is 5.82 Å². The number of benzene rings is 1. The van der Waals surface area contributed by atoms with Gasteiger partial charge in [0.2, 0.25) is 0 Å². The van der Waals surface area contributed by atoms with Crippen molar-refractivity contribution in [3.63, 3.8) is 0 Å². The predicted octanol–water partition coefficient (Wildman–Crippen LogP) is 2.92. The molecule has 1 N–H and O–H groups in total. The number of hydrogen-bond acceptors (Lipinski definition) is 2. The molecule has 1 saturated heterocycles. The number of piperidine rings is 1. The minimum Gasteiger partial charge on any atom is -0.481 e. The van der Waals surface area contributed by atoms with Crippen molar-refractivity contribution in [3.8, 4) is 0 Å². The summed E-state index contributed by atoms with van der Waals surface area (Å²) in [5.41, 5.74) is 0.0171. The zero-order valence-electron chi connectivity index (χ0n) is 10.8. The Hall–Kier alpha value is -1.43. The Labute approximate surface area is 124 Å². The van der Waals surface area contributed by atoms with Crippen molar-refractivity contribution in [1.29, 1.82) is 0 Å². The molecule has 1 atom stereocenters. The van der Waals surface area contributed by atoms with E-state index in [1.54, 1.807) is 11.0 Å². The average Bonchev–Trinajstić information content (AvgIpc) is 2.38. The molecule has 108 valence electrons. The minimum absolute atomic E-state index is 0.0171. The van der Waals surface area contributed by atoms with Crippen LogP contribution in [0.15, 0.2) is 22.7 Å². The van der Waals surface area contributed by atoms with Crippen LogP contribution in [0.1, 0.15) is 29.6 Å². The van der Waals surface area contributed by atoms with E-state index < -0.39 is 11.8 Å². The molecule has 1 aliphatic heterocycles. The molecule has 4 nitrogen and oxygen atoms in total. The highest BCUT2D eigenvalue weighted by molar-refractivity contribution is 9.10. The normalized spacial score (nSPS) is 18.9. The van der Waals surface area contributed by atoms with Gasteiger partial charge in [-0.1, -0.05) is 6.07 Å². The van der Waals surface area contributed by atoms with Crippen molar-refractivity contribution in [3.05, 3.63) is 34.1 Å². The summed E-state index contributed by atoms with van der Waals surface area (Å²) in [7, 11) is 0. The molecule has 0 saturated carbocycles. The summed E-state index contributed by atoms with van der Waals surface area (Å²) < 4.78 is 14.2. The van der Waals surface area contributed by atoms with Crippen molar-refractivity contribution < 1.29 is 19.1 Å².